The first-order valence-corrected chi connectivity index (χ1v) is 4.68. The van der Waals surface area contributed by atoms with Crippen molar-refractivity contribution in [3.8, 4) is 12.3 Å². The molecular weight excluding hydrogens is 176 g/mol. The first kappa shape index (κ1) is 9.26. The summed E-state index contributed by atoms with van der Waals surface area (Å²) in [5, 5.41) is 0. The maximum atomic E-state index is 5.56. The molecule has 0 radical (unpaired) electrons. The molecule has 0 amide bonds. The van der Waals surface area contributed by atoms with Crippen LogP contribution in [-0.4, -0.2) is 12.7 Å². The second kappa shape index (κ2) is 4.28. The van der Waals surface area contributed by atoms with Gasteiger partial charge in [0, 0.05) is 12.0 Å². The van der Waals surface area contributed by atoms with Crippen molar-refractivity contribution in [2.75, 3.05) is 6.61 Å². The molecule has 0 bridgehead atoms. The standard InChI is InChI=1S/C12H12O2/c1-2-11-8-9-13-12(14-11)10-6-4-3-5-7-10/h1,3-7,11-12H,8-9H2. The maximum Gasteiger partial charge on any atom is 0.185 e. The van der Waals surface area contributed by atoms with E-state index in [4.69, 9.17) is 15.9 Å². The van der Waals surface area contributed by atoms with Crippen LogP contribution >= 0.6 is 0 Å². The van der Waals surface area contributed by atoms with E-state index >= 15 is 0 Å². The largest absolute Gasteiger partial charge is 0.348 e. The molecule has 1 aromatic rings. The monoisotopic (exact) mass is 188 g/mol. The van der Waals surface area contributed by atoms with Crippen LogP contribution in [0.15, 0.2) is 30.3 Å². The summed E-state index contributed by atoms with van der Waals surface area (Å²) >= 11 is 0. The number of ether oxygens (including phenoxy) is 2. The summed E-state index contributed by atoms with van der Waals surface area (Å²) < 4.78 is 11.0. The lowest BCUT2D eigenvalue weighted by atomic mass is 10.2. The zero-order chi connectivity index (χ0) is 9.80. The number of rotatable bonds is 1. The van der Waals surface area contributed by atoms with Gasteiger partial charge in [0.25, 0.3) is 0 Å². The van der Waals surface area contributed by atoms with Crippen LogP contribution in [0.1, 0.15) is 18.3 Å². The number of hydrogen-bond donors (Lipinski definition) is 0. The quantitative estimate of drug-likeness (QED) is 0.628. The molecule has 2 atom stereocenters. The predicted molar refractivity (Wildman–Crippen MR) is 53.5 cm³/mol. The van der Waals surface area contributed by atoms with Gasteiger partial charge < -0.3 is 9.47 Å². The van der Waals surface area contributed by atoms with E-state index in [0.717, 1.165) is 12.0 Å². The second-order valence-corrected chi connectivity index (χ2v) is 3.19. The summed E-state index contributed by atoms with van der Waals surface area (Å²) in [4.78, 5) is 0. The van der Waals surface area contributed by atoms with Gasteiger partial charge >= 0.3 is 0 Å². The van der Waals surface area contributed by atoms with Crippen LogP contribution in [0.25, 0.3) is 0 Å². The van der Waals surface area contributed by atoms with Crippen LogP contribution in [-0.2, 0) is 9.47 Å². The highest BCUT2D eigenvalue weighted by molar-refractivity contribution is 5.16. The Labute approximate surface area is 83.8 Å². The third-order valence-corrected chi connectivity index (χ3v) is 2.19. The fraction of sp³-hybridized carbons (Fsp3) is 0.333. The molecule has 0 aliphatic carbocycles. The van der Waals surface area contributed by atoms with Gasteiger partial charge in [0.05, 0.1) is 6.61 Å². The highest BCUT2D eigenvalue weighted by atomic mass is 16.7. The minimum absolute atomic E-state index is 0.117. The topological polar surface area (TPSA) is 18.5 Å². The number of terminal acetylenes is 1. The van der Waals surface area contributed by atoms with Crippen LogP contribution in [0.4, 0.5) is 0 Å². The van der Waals surface area contributed by atoms with Crippen molar-refractivity contribution in [1.29, 1.82) is 0 Å². The molecule has 1 aliphatic rings. The van der Waals surface area contributed by atoms with E-state index in [1.165, 1.54) is 0 Å². The zero-order valence-corrected chi connectivity index (χ0v) is 7.85. The number of hydrogen-bond acceptors (Lipinski definition) is 2. The summed E-state index contributed by atoms with van der Waals surface area (Å²) in [5.74, 6) is 2.60. The molecule has 2 rings (SSSR count). The van der Waals surface area contributed by atoms with Crippen LogP contribution < -0.4 is 0 Å². The van der Waals surface area contributed by atoms with E-state index in [2.05, 4.69) is 5.92 Å². The Bertz CT molecular complexity index is 326. The highest BCUT2D eigenvalue weighted by Crippen LogP contribution is 2.25. The number of benzene rings is 1. The van der Waals surface area contributed by atoms with Crippen LogP contribution in [0, 0.1) is 12.3 Å². The smallest absolute Gasteiger partial charge is 0.185 e. The Balaban J connectivity index is 2.09. The molecule has 2 heteroatoms. The zero-order valence-electron chi connectivity index (χ0n) is 7.85. The molecule has 1 aromatic carbocycles. The summed E-state index contributed by atoms with van der Waals surface area (Å²) in [7, 11) is 0. The second-order valence-electron chi connectivity index (χ2n) is 3.19. The van der Waals surface area contributed by atoms with Crippen LogP contribution in [0.5, 0.6) is 0 Å². The van der Waals surface area contributed by atoms with E-state index in [1.54, 1.807) is 0 Å². The Hall–Kier alpha value is -1.30. The van der Waals surface area contributed by atoms with E-state index in [9.17, 15) is 0 Å². The molecule has 0 saturated carbocycles. The minimum atomic E-state index is -0.300. The molecule has 0 N–H and O–H groups in total. The average molecular weight is 188 g/mol. The van der Waals surface area contributed by atoms with Crippen molar-refractivity contribution in [1.82, 2.24) is 0 Å². The first-order valence-electron chi connectivity index (χ1n) is 4.68. The third kappa shape index (κ3) is 1.95. The molecule has 1 aliphatic heterocycles. The van der Waals surface area contributed by atoms with Gasteiger partial charge in [-0.3, -0.25) is 0 Å². The molecule has 1 fully saturated rings. The lowest BCUT2D eigenvalue weighted by molar-refractivity contribution is -0.202. The molecule has 2 nitrogen and oxygen atoms in total. The van der Waals surface area contributed by atoms with Crippen LogP contribution in [0.2, 0.25) is 0 Å². The van der Waals surface area contributed by atoms with Crippen molar-refractivity contribution in [3.63, 3.8) is 0 Å². The fourth-order valence-corrected chi connectivity index (χ4v) is 1.45. The van der Waals surface area contributed by atoms with Crippen molar-refractivity contribution in [3.05, 3.63) is 35.9 Å². The average Bonchev–Trinajstić information content (AvgIpc) is 2.30. The summed E-state index contributed by atoms with van der Waals surface area (Å²) in [6, 6.07) is 9.83. The molecule has 14 heavy (non-hydrogen) atoms. The van der Waals surface area contributed by atoms with Crippen molar-refractivity contribution < 1.29 is 9.47 Å². The van der Waals surface area contributed by atoms with Gasteiger partial charge in [0.15, 0.2) is 6.29 Å². The first-order chi connectivity index (χ1) is 6.90. The van der Waals surface area contributed by atoms with E-state index in [0.29, 0.717) is 6.61 Å². The van der Waals surface area contributed by atoms with Gasteiger partial charge in [-0.05, 0) is 0 Å². The van der Waals surface area contributed by atoms with Crippen LogP contribution in [0.3, 0.4) is 0 Å². The highest BCUT2D eigenvalue weighted by Gasteiger charge is 2.22. The molecular formula is C12H12O2. The van der Waals surface area contributed by atoms with E-state index in [1.807, 2.05) is 30.3 Å². The SMILES string of the molecule is C#CC1CCOC(c2ccccc2)O1. The molecule has 0 aromatic heterocycles. The normalized spacial score (nSPS) is 26.8. The van der Waals surface area contributed by atoms with Crippen molar-refractivity contribution in [2.24, 2.45) is 0 Å². The molecule has 2 unspecified atom stereocenters. The van der Waals surface area contributed by atoms with E-state index in [-0.39, 0.29) is 12.4 Å². The minimum Gasteiger partial charge on any atom is -0.348 e. The Kier molecular flexibility index (Phi) is 2.83. The molecule has 1 heterocycles. The summed E-state index contributed by atoms with van der Waals surface area (Å²) in [6.07, 6.45) is 5.67. The maximum absolute atomic E-state index is 5.56. The predicted octanol–water partition coefficient (Wildman–Crippen LogP) is 2.12. The van der Waals surface area contributed by atoms with Gasteiger partial charge in [-0.15, -0.1) is 6.42 Å². The van der Waals surface area contributed by atoms with Crippen molar-refractivity contribution in [2.45, 2.75) is 18.8 Å². The Morgan fingerprint density at radius 1 is 1.29 bits per heavy atom. The third-order valence-electron chi connectivity index (χ3n) is 2.19. The van der Waals surface area contributed by atoms with Crippen molar-refractivity contribution >= 4 is 0 Å². The fourth-order valence-electron chi connectivity index (χ4n) is 1.45. The molecule has 0 spiro atoms. The lowest BCUT2D eigenvalue weighted by Crippen LogP contribution is -2.25. The van der Waals surface area contributed by atoms with Gasteiger partial charge in [-0.25, -0.2) is 0 Å². The Morgan fingerprint density at radius 3 is 2.79 bits per heavy atom. The van der Waals surface area contributed by atoms with Gasteiger partial charge in [-0.2, -0.15) is 0 Å². The van der Waals surface area contributed by atoms with Gasteiger partial charge in [-0.1, -0.05) is 36.3 Å². The lowest BCUT2D eigenvalue weighted by Gasteiger charge is -2.27. The van der Waals surface area contributed by atoms with E-state index < -0.39 is 0 Å². The summed E-state index contributed by atoms with van der Waals surface area (Å²) in [6.45, 7) is 0.661. The van der Waals surface area contributed by atoms with Gasteiger partial charge in [0.2, 0.25) is 0 Å². The van der Waals surface area contributed by atoms with Gasteiger partial charge in [0.1, 0.15) is 6.10 Å². The molecule has 72 valence electrons. The molecule has 1 saturated heterocycles. The Morgan fingerprint density at radius 2 is 2.07 bits per heavy atom. The summed E-state index contributed by atoms with van der Waals surface area (Å²) in [5.41, 5.74) is 1.02.